The van der Waals surface area contributed by atoms with Crippen molar-refractivity contribution in [1.82, 2.24) is 10.2 Å². The number of β-amino-alcohol motifs (C(OH)–C–C–N with tert-alkyl or cyclic N) is 1. The SMILES string of the molecule is Cl.O=C(C1CC(O)CN1)N1CCSC2CCCCC21. The Morgan fingerprint density at radius 1 is 1.32 bits per heavy atom. The highest BCUT2D eigenvalue weighted by Crippen LogP contribution is 2.36. The third-order valence-electron chi connectivity index (χ3n) is 4.42. The van der Waals surface area contributed by atoms with E-state index in [4.69, 9.17) is 0 Å². The topological polar surface area (TPSA) is 52.6 Å². The van der Waals surface area contributed by atoms with E-state index in [0.717, 1.165) is 12.3 Å². The molecule has 0 aromatic heterocycles. The molecule has 110 valence electrons. The smallest absolute Gasteiger partial charge is 0.240 e. The van der Waals surface area contributed by atoms with Gasteiger partial charge in [-0.2, -0.15) is 11.8 Å². The fourth-order valence-electron chi connectivity index (χ4n) is 3.48. The highest BCUT2D eigenvalue weighted by atomic mass is 35.5. The molecule has 6 heteroatoms. The minimum absolute atomic E-state index is 0. The van der Waals surface area contributed by atoms with Gasteiger partial charge in [0.2, 0.25) is 5.91 Å². The van der Waals surface area contributed by atoms with Gasteiger partial charge in [0.05, 0.1) is 12.1 Å². The molecule has 4 unspecified atom stereocenters. The number of hydrogen-bond donors (Lipinski definition) is 2. The van der Waals surface area contributed by atoms with Crippen molar-refractivity contribution in [3.8, 4) is 0 Å². The number of halogens is 1. The van der Waals surface area contributed by atoms with Gasteiger partial charge in [-0.3, -0.25) is 4.79 Å². The molecule has 2 saturated heterocycles. The second-order valence-corrected chi connectivity index (χ2v) is 6.99. The number of nitrogens with zero attached hydrogens (tertiary/aromatic N) is 1. The van der Waals surface area contributed by atoms with E-state index >= 15 is 0 Å². The molecule has 3 fully saturated rings. The van der Waals surface area contributed by atoms with Gasteiger partial charge >= 0.3 is 0 Å². The van der Waals surface area contributed by atoms with Crippen LogP contribution in [-0.2, 0) is 4.79 Å². The van der Waals surface area contributed by atoms with Gasteiger partial charge in [0.15, 0.2) is 0 Å². The molecule has 1 aliphatic carbocycles. The second kappa shape index (κ2) is 6.66. The predicted octanol–water partition coefficient (Wildman–Crippen LogP) is 1.02. The van der Waals surface area contributed by atoms with E-state index in [-0.39, 0.29) is 30.5 Å². The third kappa shape index (κ3) is 3.20. The van der Waals surface area contributed by atoms with E-state index in [1.807, 2.05) is 11.8 Å². The monoisotopic (exact) mass is 306 g/mol. The first kappa shape index (κ1) is 15.4. The maximum atomic E-state index is 12.5. The molecule has 19 heavy (non-hydrogen) atoms. The average molecular weight is 307 g/mol. The van der Waals surface area contributed by atoms with Crippen LogP contribution < -0.4 is 5.32 Å². The van der Waals surface area contributed by atoms with Crippen LogP contribution in [0.4, 0.5) is 0 Å². The van der Waals surface area contributed by atoms with Crippen molar-refractivity contribution in [3.63, 3.8) is 0 Å². The number of hydrogen-bond acceptors (Lipinski definition) is 4. The number of carbonyl (C=O) groups is 1. The second-order valence-electron chi connectivity index (χ2n) is 5.64. The third-order valence-corrected chi connectivity index (χ3v) is 5.82. The van der Waals surface area contributed by atoms with Crippen LogP contribution in [0.25, 0.3) is 0 Å². The van der Waals surface area contributed by atoms with Crippen LogP contribution in [0, 0.1) is 0 Å². The van der Waals surface area contributed by atoms with Crippen molar-refractivity contribution in [1.29, 1.82) is 0 Å². The first-order valence-electron chi connectivity index (χ1n) is 7.09. The first-order chi connectivity index (χ1) is 8.75. The zero-order chi connectivity index (χ0) is 12.5. The van der Waals surface area contributed by atoms with Gasteiger partial charge < -0.3 is 15.3 Å². The molecule has 0 aromatic rings. The number of nitrogens with one attached hydrogen (secondary N) is 1. The summed E-state index contributed by atoms with van der Waals surface area (Å²) in [5, 5.41) is 13.3. The first-order valence-corrected chi connectivity index (χ1v) is 8.14. The highest BCUT2D eigenvalue weighted by molar-refractivity contribution is 8.00. The zero-order valence-electron chi connectivity index (χ0n) is 11.1. The van der Waals surface area contributed by atoms with Crippen molar-refractivity contribution in [2.24, 2.45) is 0 Å². The Morgan fingerprint density at radius 3 is 2.84 bits per heavy atom. The molecule has 2 N–H and O–H groups in total. The molecule has 2 aliphatic heterocycles. The molecule has 3 rings (SSSR count). The molecule has 1 amide bonds. The molecule has 0 spiro atoms. The van der Waals surface area contributed by atoms with Crippen molar-refractivity contribution in [2.45, 2.75) is 55.5 Å². The quantitative estimate of drug-likeness (QED) is 0.759. The minimum atomic E-state index is -0.347. The molecular weight excluding hydrogens is 284 g/mol. The normalized spacial score (nSPS) is 38.5. The Morgan fingerprint density at radius 2 is 2.11 bits per heavy atom. The van der Waals surface area contributed by atoms with Gasteiger partial charge in [-0.05, 0) is 19.3 Å². The van der Waals surface area contributed by atoms with Crippen LogP contribution >= 0.6 is 24.2 Å². The number of aliphatic hydroxyl groups is 1. The Hall–Kier alpha value is 0.0300. The summed E-state index contributed by atoms with van der Waals surface area (Å²) in [6.45, 7) is 1.45. The lowest BCUT2D eigenvalue weighted by atomic mass is 9.92. The summed E-state index contributed by atoms with van der Waals surface area (Å²) < 4.78 is 0. The van der Waals surface area contributed by atoms with Crippen LogP contribution in [0.15, 0.2) is 0 Å². The molecule has 0 aromatic carbocycles. The molecule has 0 bridgehead atoms. The maximum absolute atomic E-state index is 12.5. The summed E-state index contributed by atoms with van der Waals surface area (Å²) in [7, 11) is 0. The number of thioether (sulfide) groups is 1. The van der Waals surface area contributed by atoms with E-state index in [1.165, 1.54) is 25.7 Å². The van der Waals surface area contributed by atoms with Crippen molar-refractivity contribution < 1.29 is 9.90 Å². The lowest BCUT2D eigenvalue weighted by Crippen LogP contribution is -2.55. The summed E-state index contributed by atoms with van der Waals surface area (Å²) in [5.41, 5.74) is 0. The Kier molecular flexibility index (Phi) is 5.40. The van der Waals surface area contributed by atoms with Crippen LogP contribution in [0.5, 0.6) is 0 Å². The van der Waals surface area contributed by atoms with Gasteiger partial charge in [0.1, 0.15) is 0 Å². The molecule has 0 radical (unpaired) electrons. The van der Waals surface area contributed by atoms with Crippen molar-refractivity contribution >= 4 is 30.1 Å². The molecule has 3 aliphatic rings. The standard InChI is InChI=1S/C13H22N2O2S.ClH/c16-9-7-10(14-8-9)13(17)15-5-6-18-12-4-2-1-3-11(12)15;/h9-12,14,16H,1-8H2;1H. The van der Waals surface area contributed by atoms with Crippen LogP contribution in [0.1, 0.15) is 32.1 Å². The minimum Gasteiger partial charge on any atom is -0.392 e. The van der Waals surface area contributed by atoms with Crippen LogP contribution in [-0.4, -0.2) is 58.2 Å². The maximum Gasteiger partial charge on any atom is 0.240 e. The molecular formula is C13H23ClN2O2S. The van der Waals surface area contributed by atoms with E-state index in [2.05, 4.69) is 10.2 Å². The van der Waals surface area contributed by atoms with Crippen LogP contribution in [0.3, 0.4) is 0 Å². The Labute approximate surface area is 125 Å². The molecule has 4 nitrogen and oxygen atoms in total. The summed E-state index contributed by atoms with van der Waals surface area (Å²) in [4.78, 5) is 14.7. The molecule has 2 heterocycles. The van der Waals surface area contributed by atoms with E-state index in [9.17, 15) is 9.90 Å². The number of rotatable bonds is 1. The zero-order valence-corrected chi connectivity index (χ0v) is 12.7. The molecule has 4 atom stereocenters. The van der Waals surface area contributed by atoms with Gasteiger partial charge in [-0.1, -0.05) is 12.8 Å². The predicted molar refractivity (Wildman–Crippen MR) is 79.9 cm³/mol. The number of carbonyl (C=O) groups excluding carboxylic acids is 1. The number of amides is 1. The lowest BCUT2D eigenvalue weighted by Gasteiger charge is -2.44. The van der Waals surface area contributed by atoms with E-state index in [1.54, 1.807) is 0 Å². The van der Waals surface area contributed by atoms with Gasteiger partial charge in [0, 0.05) is 30.1 Å². The van der Waals surface area contributed by atoms with E-state index < -0.39 is 0 Å². The number of aliphatic hydroxyl groups excluding tert-OH is 1. The molecule has 1 saturated carbocycles. The van der Waals surface area contributed by atoms with Crippen molar-refractivity contribution in [3.05, 3.63) is 0 Å². The Balaban J connectivity index is 0.00000133. The lowest BCUT2D eigenvalue weighted by molar-refractivity contribution is -0.136. The summed E-state index contributed by atoms with van der Waals surface area (Å²) >= 11 is 2.05. The Bertz CT molecular complexity index is 330. The van der Waals surface area contributed by atoms with Gasteiger partial charge in [0.25, 0.3) is 0 Å². The highest BCUT2D eigenvalue weighted by Gasteiger charge is 2.40. The fourth-order valence-corrected chi connectivity index (χ4v) is 4.92. The van der Waals surface area contributed by atoms with Crippen molar-refractivity contribution in [2.75, 3.05) is 18.8 Å². The van der Waals surface area contributed by atoms with Gasteiger partial charge in [-0.25, -0.2) is 0 Å². The average Bonchev–Trinajstić information content (AvgIpc) is 2.84. The summed E-state index contributed by atoms with van der Waals surface area (Å²) in [5.74, 6) is 1.30. The number of fused-ring (bicyclic) bond motifs is 1. The van der Waals surface area contributed by atoms with Crippen LogP contribution in [0.2, 0.25) is 0 Å². The summed E-state index contributed by atoms with van der Waals surface area (Å²) in [6.07, 6.45) is 5.24. The van der Waals surface area contributed by atoms with Gasteiger partial charge in [-0.15, -0.1) is 12.4 Å². The summed E-state index contributed by atoms with van der Waals surface area (Å²) in [6, 6.07) is 0.301. The van der Waals surface area contributed by atoms with E-state index in [0.29, 0.717) is 24.3 Å². The fraction of sp³-hybridized carbons (Fsp3) is 0.923. The largest absolute Gasteiger partial charge is 0.392 e.